The minimum Gasteiger partial charge on any atom is -0.491 e. The molecule has 0 radical (unpaired) electrons. The SMILES string of the molecule is Cc1ccc(OC[C@H](C)NC(=O)[C@H](C)Oc2cccc(C)c2)cc1. The van der Waals surface area contributed by atoms with Crippen LogP contribution in [0.25, 0.3) is 0 Å². The summed E-state index contributed by atoms with van der Waals surface area (Å²) in [6, 6.07) is 15.4. The van der Waals surface area contributed by atoms with Crippen LogP contribution in [-0.2, 0) is 4.79 Å². The zero-order valence-electron chi connectivity index (χ0n) is 14.7. The van der Waals surface area contributed by atoms with Crippen LogP contribution in [0.15, 0.2) is 48.5 Å². The third-order valence-corrected chi connectivity index (χ3v) is 3.58. The summed E-state index contributed by atoms with van der Waals surface area (Å²) in [5.41, 5.74) is 2.28. The van der Waals surface area contributed by atoms with E-state index in [2.05, 4.69) is 5.32 Å². The Hall–Kier alpha value is -2.49. The lowest BCUT2D eigenvalue weighted by molar-refractivity contribution is -0.128. The molecule has 2 aromatic rings. The summed E-state index contributed by atoms with van der Waals surface area (Å²) in [7, 11) is 0. The molecular weight excluding hydrogens is 302 g/mol. The van der Waals surface area contributed by atoms with Crippen molar-refractivity contribution in [1.82, 2.24) is 5.32 Å². The zero-order valence-corrected chi connectivity index (χ0v) is 14.7. The largest absolute Gasteiger partial charge is 0.491 e. The highest BCUT2D eigenvalue weighted by molar-refractivity contribution is 5.81. The highest BCUT2D eigenvalue weighted by Gasteiger charge is 2.17. The number of nitrogens with one attached hydrogen (secondary N) is 1. The summed E-state index contributed by atoms with van der Waals surface area (Å²) in [6.45, 7) is 8.08. The Balaban J connectivity index is 1.78. The number of hydrogen-bond acceptors (Lipinski definition) is 3. The second-order valence-corrected chi connectivity index (χ2v) is 6.11. The first-order chi connectivity index (χ1) is 11.4. The summed E-state index contributed by atoms with van der Waals surface area (Å²) >= 11 is 0. The maximum absolute atomic E-state index is 12.2. The van der Waals surface area contributed by atoms with Gasteiger partial charge in [-0.1, -0.05) is 29.8 Å². The van der Waals surface area contributed by atoms with Gasteiger partial charge in [0.1, 0.15) is 18.1 Å². The second kappa shape index (κ2) is 8.39. The Morgan fingerprint density at radius 1 is 1.00 bits per heavy atom. The van der Waals surface area contributed by atoms with Crippen molar-refractivity contribution in [3.05, 3.63) is 59.7 Å². The molecule has 0 fully saturated rings. The summed E-state index contributed by atoms with van der Waals surface area (Å²) in [4.78, 5) is 12.2. The van der Waals surface area contributed by atoms with E-state index < -0.39 is 6.10 Å². The molecule has 2 rings (SSSR count). The standard InChI is InChI=1S/C20H25NO3/c1-14-8-10-18(11-9-14)23-13-16(3)21-20(22)17(4)24-19-7-5-6-15(2)12-19/h5-12,16-17H,13H2,1-4H3,(H,21,22)/t16-,17-/m0/s1. The van der Waals surface area contributed by atoms with Crippen molar-refractivity contribution in [3.63, 3.8) is 0 Å². The highest BCUT2D eigenvalue weighted by atomic mass is 16.5. The van der Waals surface area contributed by atoms with Crippen LogP contribution in [0.4, 0.5) is 0 Å². The van der Waals surface area contributed by atoms with Crippen molar-refractivity contribution < 1.29 is 14.3 Å². The van der Waals surface area contributed by atoms with Crippen molar-refractivity contribution in [2.75, 3.05) is 6.61 Å². The fraction of sp³-hybridized carbons (Fsp3) is 0.350. The summed E-state index contributed by atoms with van der Waals surface area (Å²) in [5.74, 6) is 1.34. The molecule has 4 nitrogen and oxygen atoms in total. The molecule has 0 saturated heterocycles. The zero-order chi connectivity index (χ0) is 17.5. The minimum atomic E-state index is -0.561. The lowest BCUT2D eigenvalue weighted by Crippen LogP contribution is -2.43. The van der Waals surface area contributed by atoms with Crippen LogP contribution in [0, 0.1) is 13.8 Å². The molecule has 128 valence electrons. The molecule has 2 aromatic carbocycles. The molecule has 1 N–H and O–H groups in total. The molecule has 0 spiro atoms. The molecule has 2 atom stereocenters. The van der Waals surface area contributed by atoms with Gasteiger partial charge in [-0.3, -0.25) is 4.79 Å². The number of hydrogen-bond donors (Lipinski definition) is 1. The molecule has 1 amide bonds. The lowest BCUT2D eigenvalue weighted by atomic mass is 10.2. The van der Waals surface area contributed by atoms with E-state index in [0.29, 0.717) is 12.4 Å². The number of carbonyl (C=O) groups is 1. The van der Waals surface area contributed by atoms with Crippen LogP contribution in [0.1, 0.15) is 25.0 Å². The van der Waals surface area contributed by atoms with E-state index in [4.69, 9.17) is 9.47 Å². The molecular formula is C20H25NO3. The van der Waals surface area contributed by atoms with Gasteiger partial charge >= 0.3 is 0 Å². The summed E-state index contributed by atoms with van der Waals surface area (Å²) in [5, 5.41) is 2.91. The highest BCUT2D eigenvalue weighted by Crippen LogP contribution is 2.14. The van der Waals surface area contributed by atoms with Crippen molar-refractivity contribution in [2.45, 2.75) is 39.8 Å². The van der Waals surface area contributed by atoms with Crippen molar-refractivity contribution in [3.8, 4) is 11.5 Å². The number of carbonyl (C=O) groups excluding carboxylic acids is 1. The van der Waals surface area contributed by atoms with Gasteiger partial charge < -0.3 is 14.8 Å². The predicted molar refractivity (Wildman–Crippen MR) is 95.5 cm³/mol. The van der Waals surface area contributed by atoms with Crippen LogP contribution < -0.4 is 14.8 Å². The molecule has 0 aliphatic carbocycles. The molecule has 0 saturated carbocycles. The number of rotatable bonds is 7. The van der Waals surface area contributed by atoms with Crippen molar-refractivity contribution >= 4 is 5.91 Å². The third-order valence-electron chi connectivity index (χ3n) is 3.58. The normalized spacial score (nSPS) is 13.0. The Bertz CT molecular complexity index is 667. The fourth-order valence-corrected chi connectivity index (χ4v) is 2.20. The molecule has 0 heterocycles. The van der Waals surface area contributed by atoms with Crippen molar-refractivity contribution in [2.24, 2.45) is 0 Å². The van der Waals surface area contributed by atoms with Gasteiger partial charge in [0.2, 0.25) is 0 Å². The second-order valence-electron chi connectivity index (χ2n) is 6.11. The number of benzene rings is 2. The van der Waals surface area contributed by atoms with E-state index in [0.717, 1.165) is 11.3 Å². The fourth-order valence-electron chi connectivity index (χ4n) is 2.20. The Labute approximate surface area is 143 Å². The molecule has 24 heavy (non-hydrogen) atoms. The lowest BCUT2D eigenvalue weighted by Gasteiger charge is -2.19. The van der Waals surface area contributed by atoms with Crippen LogP contribution in [0.3, 0.4) is 0 Å². The Kier molecular flexibility index (Phi) is 6.24. The molecule has 0 bridgehead atoms. The summed E-state index contributed by atoms with van der Waals surface area (Å²) in [6.07, 6.45) is -0.561. The van der Waals surface area contributed by atoms with Crippen LogP contribution in [0.2, 0.25) is 0 Å². The predicted octanol–water partition coefficient (Wildman–Crippen LogP) is 3.65. The molecule has 0 aromatic heterocycles. The minimum absolute atomic E-state index is 0.109. The monoisotopic (exact) mass is 327 g/mol. The van der Waals surface area contributed by atoms with Crippen LogP contribution in [-0.4, -0.2) is 24.7 Å². The Morgan fingerprint density at radius 2 is 1.71 bits per heavy atom. The van der Waals surface area contributed by atoms with E-state index in [9.17, 15) is 4.79 Å². The van der Waals surface area contributed by atoms with Gasteiger partial charge in [0.05, 0.1) is 6.04 Å². The van der Waals surface area contributed by atoms with Gasteiger partial charge in [0.25, 0.3) is 5.91 Å². The van der Waals surface area contributed by atoms with E-state index in [1.807, 2.05) is 69.3 Å². The average Bonchev–Trinajstić information content (AvgIpc) is 2.54. The van der Waals surface area contributed by atoms with E-state index >= 15 is 0 Å². The summed E-state index contributed by atoms with van der Waals surface area (Å²) < 4.78 is 11.4. The van der Waals surface area contributed by atoms with Crippen molar-refractivity contribution in [1.29, 1.82) is 0 Å². The molecule has 4 heteroatoms. The number of aryl methyl sites for hydroxylation is 2. The van der Waals surface area contributed by atoms with E-state index in [1.54, 1.807) is 6.92 Å². The van der Waals surface area contributed by atoms with Gasteiger partial charge in [-0.15, -0.1) is 0 Å². The number of amides is 1. The average molecular weight is 327 g/mol. The third kappa shape index (κ3) is 5.61. The van der Waals surface area contributed by atoms with E-state index in [1.165, 1.54) is 5.56 Å². The smallest absolute Gasteiger partial charge is 0.261 e. The molecule has 0 aliphatic heterocycles. The maximum atomic E-state index is 12.2. The first-order valence-electron chi connectivity index (χ1n) is 8.17. The molecule has 0 unspecified atom stereocenters. The van der Waals surface area contributed by atoms with Crippen LogP contribution in [0.5, 0.6) is 11.5 Å². The Morgan fingerprint density at radius 3 is 2.38 bits per heavy atom. The van der Waals surface area contributed by atoms with Gasteiger partial charge in [-0.05, 0) is 57.5 Å². The van der Waals surface area contributed by atoms with Gasteiger partial charge in [-0.2, -0.15) is 0 Å². The first kappa shape index (κ1) is 17.9. The quantitative estimate of drug-likeness (QED) is 0.844. The van der Waals surface area contributed by atoms with Gasteiger partial charge in [0, 0.05) is 0 Å². The van der Waals surface area contributed by atoms with Gasteiger partial charge in [-0.25, -0.2) is 0 Å². The number of ether oxygens (including phenoxy) is 2. The van der Waals surface area contributed by atoms with E-state index in [-0.39, 0.29) is 11.9 Å². The first-order valence-corrected chi connectivity index (χ1v) is 8.17. The maximum Gasteiger partial charge on any atom is 0.261 e. The topological polar surface area (TPSA) is 47.6 Å². The van der Waals surface area contributed by atoms with Gasteiger partial charge in [0.15, 0.2) is 6.10 Å². The van der Waals surface area contributed by atoms with Crippen LogP contribution >= 0.6 is 0 Å². The molecule has 0 aliphatic rings.